The second-order valence-electron chi connectivity index (χ2n) is 5.67. The number of hydrogen-bond acceptors (Lipinski definition) is 3. The van der Waals surface area contributed by atoms with Crippen LogP contribution in [-0.4, -0.2) is 38.9 Å². The lowest BCUT2D eigenvalue weighted by molar-refractivity contribution is -0.134. The van der Waals surface area contributed by atoms with Gasteiger partial charge in [-0.3, -0.25) is 9.59 Å². The van der Waals surface area contributed by atoms with Gasteiger partial charge in [-0.25, -0.2) is 0 Å². The SMILES string of the molecule is CC.[B]c1ccc(COC(C)C(NC(=O)C(C)CC)C(=O)NC)cc1.[HH].[HH]. The number of ether oxygens (including phenoxy) is 1. The Balaban J connectivity index is -0.00000139. The number of carbonyl (C=O) groups excluding carboxylic acids is 2. The first-order valence-electron chi connectivity index (χ1n) is 8.87. The minimum absolute atomic E-state index is 0. The van der Waals surface area contributed by atoms with E-state index in [1.165, 1.54) is 7.05 Å². The van der Waals surface area contributed by atoms with Gasteiger partial charge in [-0.15, -0.1) is 0 Å². The Hall–Kier alpha value is -1.82. The predicted molar refractivity (Wildman–Crippen MR) is 107 cm³/mol. The minimum atomic E-state index is -0.727. The molecule has 5 nitrogen and oxygen atoms in total. The molecule has 0 fully saturated rings. The van der Waals surface area contributed by atoms with Crippen molar-refractivity contribution in [2.45, 2.75) is 59.8 Å². The van der Waals surface area contributed by atoms with E-state index >= 15 is 0 Å². The Kier molecular flexibility index (Phi) is 11.6. The highest BCUT2D eigenvalue weighted by atomic mass is 16.5. The quantitative estimate of drug-likeness (QED) is 0.706. The Labute approximate surface area is 156 Å². The Morgan fingerprint density at radius 3 is 2.20 bits per heavy atom. The molecular formula is C19H35BN2O3. The number of carbonyl (C=O) groups is 2. The van der Waals surface area contributed by atoms with Gasteiger partial charge in [0.1, 0.15) is 13.9 Å². The van der Waals surface area contributed by atoms with Gasteiger partial charge in [-0.1, -0.05) is 57.4 Å². The molecule has 0 aliphatic rings. The maximum Gasteiger partial charge on any atom is 0.245 e. The fourth-order valence-electron chi connectivity index (χ4n) is 1.97. The summed E-state index contributed by atoms with van der Waals surface area (Å²) in [6, 6.07) is 6.60. The van der Waals surface area contributed by atoms with Crippen molar-refractivity contribution >= 4 is 25.1 Å². The topological polar surface area (TPSA) is 67.4 Å². The minimum Gasteiger partial charge on any atom is -0.371 e. The summed E-state index contributed by atoms with van der Waals surface area (Å²) in [5, 5.41) is 5.33. The lowest BCUT2D eigenvalue weighted by Crippen LogP contribution is -2.53. The van der Waals surface area contributed by atoms with E-state index in [1.807, 2.05) is 39.8 Å². The molecular weight excluding hydrogens is 315 g/mol. The molecule has 3 atom stereocenters. The van der Waals surface area contributed by atoms with Gasteiger partial charge in [0.05, 0.1) is 12.7 Å². The van der Waals surface area contributed by atoms with E-state index in [-0.39, 0.29) is 20.6 Å². The van der Waals surface area contributed by atoms with Crippen LogP contribution in [0.15, 0.2) is 24.3 Å². The zero-order valence-corrected chi connectivity index (χ0v) is 16.3. The Morgan fingerprint density at radius 2 is 1.72 bits per heavy atom. The van der Waals surface area contributed by atoms with Crippen molar-refractivity contribution < 1.29 is 17.2 Å². The summed E-state index contributed by atoms with van der Waals surface area (Å²) in [5.41, 5.74) is 1.64. The van der Waals surface area contributed by atoms with E-state index in [0.29, 0.717) is 18.5 Å². The van der Waals surface area contributed by atoms with Crippen molar-refractivity contribution in [3.63, 3.8) is 0 Å². The summed E-state index contributed by atoms with van der Waals surface area (Å²) in [6.07, 6.45) is 0.257. The average molecular weight is 350 g/mol. The zero-order chi connectivity index (χ0) is 19.4. The Morgan fingerprint density at radius 1 is 1.16 bits per heavy atom. The lowest BCUT2D eigenvalue weighted by atomic mass is 9.95. The van der Waals surface area contributed by atoms with Crippen LogP contribution in [0, 0.1) is 5.92 Å². The van der Waals surface area contributed by atoms with Gasteiger partial charge in [0.2, 0.25) is 11.8 Å². The monoisotopic (exact) mass is 350 g/mol. The molecule has 0 saturated heterocycles. The summed E-state index contributed by atoms with van der Waals surface area (Å²) >= 11 is 0. The van der Waals surface area contributed by atoms with Crippen molar-refractivity contribution in [2.24, 2.45) is 5.92 Å². The van der Waals surface area contributed by atoms with Crippen molar-refractivity contribution in [3.05, 3.63) is 29.8 Å². The maximum atomic E-state index is 12.1. The molecule has 0 bridgehead atoms. The third-order valence-corrected chi connectivity index (χ3v) is 3.85. The van der Waals surface area contributed by atoms with Gasteiger partial charge in [0.25, 0.3) is 0 Å². The van der Waals surface area contributed by atoms with Crippen LogP contribution in [0.3, 0.4) is 0 Å². The second kappa shape index (κ2) is 12.5. The van der Waals surface area contributed by atoms with E-state index < -0.39 is 12.1 Å². The van der Waals surface area contributed by atoms with Crippen LogP contribution in [0.25, 0.3) is 0 Å². The number of nitrogens with one attached hydrogen (secondary N) is 2. The standard InChI is InChI=1S/C17H25BN2O3.C2H6.2H2/c1-5-11(2)16(21)20-15(17(22)19-4)12(3)23-10-13-6-8-14(18)9-7-13;1-2;;/h6-9,11-12,15H,5,10H2,1-4H3,(H,19,22)(H,20,21);1-2H3;2*1H. The molecule has 0 heterocycles. The highest BCUT2D eigenvalue weighted by Crippen LogP contribution is 2.08. The number of benzene rings is 1. The molecule has 0 aliphatic heterocycles. The van der Waals surface area contributed by atoms with Gasteiger partial charge in [0.15, 0.2) is 0 Å². The molecule has 25 heavy (non-hydrogen) atoms. The zero-order valence-electron chi connectivity index (χ0n) is 16.3. The first-order chi connectivity index (χ1) is 11.9. The summed E-state index contributed by atoms with van der Waals surface area (Å²) in [7, 11) is 7.18. The molecule has 6 heteroatoms. The van der Waals surface area contributed by atoms with Gasteiger partial charge in [-0.05, 0) is 18.9 Å². The van der Waals surface area contributed by atoms with Crippen LogP contribution < -0.4 is 16.1 Å². The Bertz CT molecular complexity index is 530. The average Bonchev–Trinajstić information content (AvgIpc) is 2.65. The van der Waals surface area contributed by atoms with E-state index in [2.05, 4.69) is 10.6 Å². The van der Waals surface area contributed by atoms with Gasteiger partial charge in [0, 0.05) is 15.8 Å². The molecule has 0 spiro atoms. The van der Waals surface area contributed by atoms with Gasteiger partial charge >= 0.3 is 0 Å². The summed E-state index contributed by atoms with van der Waals surface area (Å²) in [5.74, 6) is -0.568. The van der Waals surface area contributed by atoms with E-state index in [4.69, 9.17) is 12.6 Å². The normalized spacial score (nSPS) is 13.7. The van der Waals surface area contributed by atoms with Crippen LogP contribution in [0.1, 0.15) is 49.5 Å². The molecule has 2 amide bonds. The van der Waals surface area contributed by atoms with Crippen LogP contribution in [0.2, 0.25) is 0 Å². The van der Waals surface area contributed by atoms with Crippen LogP contribution >= 0.6 is 0 Å². The first kappa shape index (κ1) is 23.2. The van der Waals surface area contributed by atoms with Crippen LogP contribution in [0.5, 0.6) is 0 Å². The number of rotatable bonds is 8. The number of likely N-dealkylation sites (N-methyl/N-ethyl adjacent to an activating group) is 1. The summed E-state index contributed by atoms with van der Waals surface area (Å²) in [6.45, 7) is 9.87. The first-order valence-corrected chi connectivity index (χ1v) is 8.87. The van der Waals surface area contributed by atoms with E-state index in [1.54, 1.807) is 19.1 Å². The van der Waals surface area contributed by atoms with Crippen molar-refractivity contribution in [1.29, 1.82) is 0 Å². The summed E-state index contributed by atoms with van der Waals surface area (Å²) < 4.78 is 5.75. The highest BCUT2D eigenvalue weighted by molar-refractivity contribution is 6.32. The largest absolute Gasteiger partial charge is 0.371 e. The fourth-order valence-corrected chi connectivity index (χ4v) is 1.97. The highest BCUT2D eigenvalue weighted by Gasteiger charge is 2.28. The van der Waals surface area contributed by atoms with E-state index in [9.17, 15) is 9.59 Å². The lowest BCUT2D eigenvalue weighted by Gasteiger charge is -2.25. The molecule has 2 N–H and O–H groups in total. The molecule has 142 valence electrons. The fraction of sp³-hybridized carbons (Fsp3) is 0.579. The molecule has 2 radical (unpaired) electrons. The van der Waals surface area contributed by atoms with Crippen molar-refractivity contribution in [3.8, 4) is 0 Å². The maximum absolute atomic E-state index is 12.1. The van der Waals surface area contributed by atoms with Crippen molar-refractivity contribution in [2.75, 3.05) is 7.05 Å². The predicted octanol–water partition coefficient (Wildman–Crippen LogP) is 2.18. The van der Waals surface area contributed by atoms with E-state index in [0.717, 1.165) is 5.56 Å². The van der Waals surface area contributed by atoms with Crippen molar-refractivity contribution in [1.82, 2.24) is 10.6 Å². The van der Waals surface area contributed by atoms with Crippen LogP contribution in [0.4, 0.5) is 0 Å². The number of hydrogen-bond donors (Lipinski definition) is 2. The molecule has 0 saturated carbocycles. The van der Waals surface area contributed by atoms with Gasteiger partial charge < -0.3 is 15.4 Å². The molecule has 1 aromatic carbocycles. The van der Waals surface area contributed by atoms with Crippen LogP contribution in [-0.2, 0) is 20.9 Å². The third kappa shape index (κ3) is 8.21. The third-order valence-electron chi connectivity index (χ3n) is 3.85. The molecule has 0 aliphatic carbocycles. The van der Waals surface area contributed by atoms with Gasteiger partial charge in [-0.2, -0.15) is 0 Å². The second-order valence-corrected chi connectivity index (χ2v) is 5.67. The molecule has 0 aromatic heterocycles. The number of amides is 2. The molecule has 1 aromatic rings. The molecule has 3 unspecified atom stereocenters. The smallest absolute Gasteiger partial charge is 0.245 e. The molecule has 1 rings (SSSR count). The summed E-state index contributed by atoms with van der Waals surface area (Å²) in [4.78, 5) is 24.1.